The molecule has 6 rings (SSSR count). The van der Waals surface area contributed by atoms with Gasteiger partial charge in [0, 0.05) is 40.5 Å². The molecule has 0 bridgehead atoms. The summed E-state index contributed by atoms with van der Waals surface area (Å²) in [5.74, 6) is 0. The molecule has 5 aromatic rings. The minimum atomic E-state index is -1.05. The maximum absolute atomic E-state index is 11.5. The van der Waals surface area contributed by atoms with E-state index in [4.69, 9.17) is 4.98 Å². The molecule has 1 aliphatic carbocycles. The van der Waals surface area contributed by atoms with Crippen molar-refractivity contribution in [2.75, 3.05) is 0 Å². The second-order valence-corrected chi connectivity index (χ2v) is 8.45. The van der Waals surface area contributed by atoms with Crippen LogP contribution in [0.15, 0.2) is 72.5 Å². The summed E-state index contributed by atoms with van der Waals surface area (Å²) in [5, 5.41) is 15.5. The fourth-order valence-corrected chi connectivity index (χ4v) is 5.15. The third kappa shape index (κ3) is 2.61. The topological polar surface area (TPSA) is 74.7 Å². The summed E-state index contributed by atoms with van der Waals surface area (Å²) in [6.07, 6.45) is 6.97. The molecular formula is C24H18N4OS. The number of hydrogen-bond donors (Lipinski definition) is 2. The highest BCUT2D eigenvalue weighted by molar-refractivity contribution is 7.13. The monoisotopic (exact) mass is 410 g/mol. The van der Waals surface area contributed by atoms with Gasteiger partial charge in [-0.2, -0.15) is 0 Å². The molecule has 0 amide bonds. The van der Waals surface area contributed by atoms with Crippen LogP contribution in [0.1, 0.15) is 23.2 Å². The molecule has 1 unspecified atom stereocenters. The molecule has 4 heterocycles. The number of nitrogens with zero attached hydrogens (tertiary/aromatic N) is 3. The first-order chi connectivity index (χ1) is 14.7. The second kappa shape index (κ2) is 6.58. The zero-order chi connectivity index (χ0) is 20.1. The van der Waals surface area contributed by atoms with Crippen LogP contribution >= 0.6 is 11.3 Å². The number of aromatic amines is 1. The van der Waals surface area contributed by atoms with E-state index in [0.29, 0.717) is 6.42 Å². The van der Waals surface area contributed by atoms with Gasteiger partial charge in [0.25, 0.3) is 0 Å². The molecule has 1 atom stereocenters. The first-order valence-electron chi connectivity index (χ1n) is 9.88. The van der Waals surface area contributed by atoms with Crippen molar-refractivity contribution in [3.05, 3.63) is 89.3 Å². The molecule has 1 aliphatic rings. The molecule has 30 heavy (non-hydrogen) atoms. The lowest BCUT2D eigenvalue weighted by Gasteiger charge is -2.24. The number of pyridine rings is 2. The molecule has 2 N–H and O–H groups in total. The summed E-state index contributed by atoms with van der Waals surface area (Å²) < 4.78 is 0. The Morgan fingerprint density at radius 1 is 1.03 bits per heavy atom. The second-order valence-electron chi connectivity index (χ2n) is 7.59. The zero-order valence-corrected chi connectivity index (χ0v) is 16.9. The molecule has 0 saturated heterocycles. The van der Waals surface area contributed by atoms with E-state index in [0.717, 1.165) is 56.1 Å². The number of fused-ring (bicyclic) bond motifs is 2. The van der Waals surface area contributed by atoms with Gasteiger partial charge in [0.1, 0.15) is 16.3 Å². The highest BCUT2D eigenvalue weighted by Crippen LogP contribution is 2.42. The number of rotatable bonds is 3. The van der Waals surface area contributed by atoms with Gasteiger partial charge in [-0.1, -0.05) is 24.3 Å². The predicted molar refractivity (Wildman–Crippen MR) is 118 cm³/mol. The Labute approximate surface area is 177 Å². The molecule has 0 aliphatic heterocycles. The lowest BCUT2D eigenvalue weighted by Crippen LogP contribution is -2.25. The maximum Gasteiger partial charge on any atom is 0.137 e. The van der Waals surface area contributed by atoms with Crippen LogP contribution in [0.3, 0.4) is 0 Å². The van der Waals surface area contributed by atoms with Crippen LogP contribution in [-0.2, 0) is 12.0 Å². The quantitative estimate of drug-likeness (QED) is 0.442. The van der Waals surface area contributed by atoms with E-state index in [1.54, 1.807) is 23.7 Å². The Hall–Kier alpha value is -3.35. The van der Waals surface area contributed by atoms with Crippen LogP contribution < -0.4 is 0 Å². The van der Waals surface area contributed by atoms with Gasteiger partial charge in [-0.25, -0.2) is 9.97 Å². The van der Waals surface area contributed by atoms with Crippen LogP contribution in [0, 0.1) is 0 Å². The minimum Gasteiger partial charge on any atom is -0.379 e. The number of benzene rings is 1. The highest BCUT2D eigenvalue weighted by Gasteiger charge is 2.39. The Kier molecular flexibility index (Phi) is 3.84. The first kappa shape index (κ1) is 17.5. The van der Waals surface area contributed by atoms with Crippen molar-refractivity contribution in [3.8, 4) is 21.8 Å². The van der Waals surface area contributed by atoms with Gasteiger partial charge in [0.2, 0.25) is 0 Å². The van der Waals surface area contributed by atoms with Gasteiger partial charge in [-0.15, -0.1) is 11.3 Å². The van der Waals surface area contributed by atoms with Crippen molar-refractivity contribution in [1.82, 2.24) is 19.9 Å². The van der Waals surface area contributed by atoms with Crippen LogP contribution in [0.5, 0.6) is 0 Å². The number of aryl methyl sites for hydroxylation is 1. The summed E-state index contributed by atoms with van der Waals surface area (Å²) >= 11 is 1.60. The van der Waals surface area contributed by atoms with E-state index < -0.39 is 5.60 Å². The average molecular weight is 411 g/mol. The molecule has 146 valence electrons. The zero-order valence-electron chi connectivity index (χ0n) is 16.0. The first-order valence-corrected chi connectivity index (χ1v) is 10.8. The molecule has 0 saturated carbocycles. The molecule has 0 fully saturated rings. The SMILES string of the molecule is OC1(c2cccc(-c3nc(-c4c[nH]c5ncccc45)cs3)c2)CCc2cccnc21. The smallest absolute Gasteiger partial charge is 0.137 e. The van der Waals surface area contributed by atoms with Gasteiger partial charge < -0.3 is 10.1 Å². The number of nitrogens with one attached hydrogen (secondary N) is 1. The molecule has 6 heteroatoms. The maximum atomic E-state index is 11.5. The van der Waals surface area contributed by atoms with E-state index >= 15 is 0 Å². The largest absolute Gasteiger partial charge is 0.379 e. The Bertz CT molecular complexity index is 1390. The fraction of sp³-hybridized carbons (Fsp3) is 0.125. The van der Waals surface area contributed by atoms with E-state index in [-0.39, 0.29) is 0 Å². The Morgan fingerprint density at radius 3 is 2.90 bits per heavy atom. The predicted octanol–water partition coefficient (Wildman–Crippen LogP) is 4.93. The summed E-state index contributed by atoms with van der Waals surface area (Å²) in [6, 6.07) is 16.0. The standard InChI is InChI=1S/C24H18N4OS/c29-24(9-8-15-5-2-10-25-21(15)24)17-6-1-4-16(12-17)23-28-20(14-30-23)19-13-27-22-18(19)7-3-11-26-22/h1-7,10-14,29H,8-9H2,(H,26,27). The van der Waals surface area contributed by atoms with Crippen molar-refractivity contribution < 1.29 is 5.11 Å². The lowest BCUT2D eigenvalue weighted by atomic mass is 9.90. The van der Waals surface area contributed by atoms with Gasteiger partial charge in [-0.05, 0) is 48.2 Å². The van der Waals surface area contributed by atoms with E-state index in [2.05, 4.69) is 20.3 Å². The van der Waals surface area contributed by atoms with Gasteiger partial charge in [0.15, 0.2) is 0 Å². The van der Waals surface area contributed by atoms with Crippen molar-refractivity contribution in [3.63, 3.8) is 0 Å². The van der Waals surface area contributed by atoms with Crippen LogP contribution in [0.25, 0.3) is 32.9 Å². The Balaban J connectivity index is 1.40. The summed E-state index contributed by atoms with van der Waals surface area (Å²) in [4.78, 5) is 16.9. The van der Waals surface area contributed by atoms with Gasteiger partial charge in [0.05, 0.1) is 11.4 Å². The Morgan fingerprint density at radius 2 is 1.93 bits per heavy atom. The summed E-state index contributed by atoms with van der Waals surface area (Å²) in [5.41, 5.74) is 5.54. The molecule has 1 aromatic carbocycles. The van der Waals surface area contributed by atoms with Gasteiger partial charge in [-0.3, -0.25) is 4.98 Å². The van der Waals surface area contributed by atoms with Crippen molar-refractivity contribution in [2.24, 2.45) is 0 Å². The molecule has 0 spiro atoms. The van der Waals surface area contributed by atoms with Gasteiger partial charge >= 0.3 is 0 Å². The van der Waals surface area contributed by atoms with E-state index in [9.17, 15) is 5.11 Å². The lowest BCUT2D eigenvalue weighted by molar-refractivity contribution is 0.0788. The highest BCUT2D eigenvalue weighted by atomic mass is 32.1. The third-order valence-corrected chi connectivity index (χ3v) is 6.75. The minimum absolute atomic E-state index is 0.647. The number of aliphatic hydroxyl groups is 1. The molecule has 4 aromatic heterocycles. The number of thiazole rings is 1. The number of hydrogen-bond acceptors (Lipinski definition) is 5. The fourth-order valence-electron chi connectivity index (χ4n) is 4.34. The number of aromatic nitrogens is 4. The van der Waals surface area contributed by atoms with Crippen LogP contribution in [-0.4, -0.2) is 25.0 Å². The molecule has 0 radical (unpaired) electrons. The summed E-state index contributed by atoms with van der Waals surface area (Å²) in [6.45, 7) is 0. The average Bonchev–Trinajstić information content (AvgIpc) is 3.52. The summed E-state index contributed by atoms with van der Waals surface area (Å²) in [7, 11) is 0. The van der Waals surface area contributed by atoms with Crippen molar-refractivity contribution in [1.29, 1.82) is 0 Å². The van der Waals surface area contributed by atoms with Crippen LogP contribution in [0.2, 0.25) is 0 Å². The molecular weight excluding hydrogens is 392 g/mol. The van der Waals surface area contributed by atoms with Crippen molar-refractivity contribution >= 4 is 22.4 Å². The van der Waals surface area contributed by atoms with E-state index in [1.165, 1.54) is 0 Å². The third-order valence-electron chi connectivity index (χ3n) is 5.86. The van der Waals surface area contributed by atoms with Crippen molar-refractivity contribution in [2.45, 2.75) is 18.4 Å². The van der Waals surface area contributed by atoms with E-state index in [1.807, 2.05) is 54.7 Å². The van der Waals surface area contributed by atoms with Crippen LogP contribution in [0.4, 0.5) is 0 Å². The molecule has 5 nitrogen and oxygen atoms in total. The normalized spacial score (nSPS) is 18.0. The number of H-pyrrole nitrogens is 1.